The maximum absolute atomic E-state index is 13.5. The lowest BCUT2D eigenvalue weighted by molar-refractivity contribution is -0.167. The van der Waals surface area contributed by atoms with Gasteiger partial charge in [-0.3, -0.25) is 18.6 Å². The Morgan fingerprint density at radius 1 is 0.766 bits per heavy atom. The fourth-order valence-corrected chi connectivity index (χ4v) is 9.03. The van der Waals surface area contributed by atoms with Gasteiger partial charge in [0, 0.05) is 31.1 Å². The van der Waals surface area contributed by atoms with E-state index in [1.807, 2.05) is 6.92 Å². The molecule has 0 spiro atoms. The Hall–Kier alpha value is -2.05. The number of esters is 2. The van der Waals surface area contributed by atoms with Crippen LogP contribution in [-0.2, 0) is 32.7 Å². The van der Waals surface area contributed by atoms with Gasteiger partial charge in [-0.2, -0.15) is 0 Å². The first-order valence-electron chi connectivity index (χ1n) is 24.0. The standard InChI is InChI=1S/C47H83O16P/c1-3-5-7-8-9-10-11-12-13-14-15-16-17-18-23-27-40(51)60-32-35-33-61-64(58,59)63-47-45(56)43(54)37(30-29-34(48)25-21-6-4-2)39(50)31-38(49)36(42(53)44(55)46(47)57)26-22-19-20-24-28-41(52)62-35/h9-10,12-13,29-30,34-39,42-50,53-57H,3-8,11,14-28,31-33H2,1-2H3,(H,58,59)/b10-9-,13-12-,30-29+/t34-,35+,36-,37-,38-,39+,42+,43+,44-,45+,46+,47+/m0/s1. The number of ether oxygens (including phenoxy) is 2. The highest BCUT2D eigenvalue weighted by atomic mass is 31.2. The molecule has 2 rings (SSSR count). The largest absolute Gasteiger partial charge is 0.472 e. The van der Waals surface area contributed by atoms with E-state index in [-0.39, 0.29) is 19.3 Å². The van der Waals surface area contributed by atoms with Gasteiger partial charge in [0.1, 0.15) is 31.0 Å². The Morgan fingerprint density at radius 2 is 1.39 bits per heavy atom. The molecule has 2 aliphatic rings. The summed E-state index contributed by atoms with van der Waals surface area (Å²) in [5.74, 6) is -3.89. The average Bonchev–Trinajstić information content (AvgIpc) is 3.26. The number of aliphatic hydroxyl groups is 8. The highest BCUT2D eigenvalue weighted by molar-refractivity contribution is 7.47. The van der Waals surface area contributed by atoms with Gasteiger partial charge in [0.25, 0.3) is 0 Å². The molecule has 1 saturated carbocycles. The number of hydrogen-bond donors (Lipinski definition) is 9. The maximum Gasteiger partial charge on any atom is 0.472 e. The number of hydrogen-bond acceptors (Lipinski definition) is 15. The third kappa shape index (κ3) is 23.6. The van der Waals surface area contributed by atoms with Crippen LogP contribution in [0.3, 0.4) is 0 Å². The number of fused-ring (bicyclic) bond motifs is 4. The predicted molar refractivity (Wildman–Crippen MR) is 241 cm³/mol. The quantitative estimate of drug-likeness (QED) is 0.0270. The second-order valence-electron chi connectivity index (χ2n) is 17.6. The zero-order chi connectivity index (χ0) is 47.3. The van der Waals surface area contributed by atoms with E-state index in [0.717, 1.165) is 57.8 Å². The highest BCUT2D eigenvalue weighted by Gasteiger charge is 2.49. The molecule has 64 heavy (non-hydrogen) atoms. The summed E-state index contributed by atoms with van der Waals surface area (Å²) < 4.78 is 34.7. The van der Waals surface area contributed by atoms with Gasteiger partial charge < -0.3 is 55.2 Å². The average molecular weight is 935 g/mol. The minimum Gasteiger partial charge on any atom is -0.462 e. The Bertz CT molecular complexity index is 1390. The summed E-state index contributed by atoms with van der Waals surface area (Å²) in [6.07, 6.45) is 7.98. The molecule has 2 fully saturated rings. The second-order valence-corrected chi connectivity index (χ2v) is 19.0. The van der Waals surface area contributed by atoms with Crippen molar-refractivity contribution in [2.45, 2.75) is 223 Å². The Labute approximate surface area is 381 Å². The van der Waals surface area contributed by atoms with Gasteiger partial charge in [0.2, 0.25) is 0 Å². The van der Waals surface area contributed by atoms with Gasteiger partial charge in [-0.25, -0.2) is 4.57 Å². The molecule has 1 heterocycles. The topological polar surface area (TPSA) is 270 Å². The highest BCUT2D eigenvalue weighted by Crippen LogP contribution is 2.47. The number of phosphoric acid groups is 1. The molecule has 13 atom stereocenters. The summed E-state index contributed by atoms with van der Waals surface area (Å²) in [7, 11) is -5.43. The van der Waals surface area contributed by atoms with Crippen molar-refractivity contribution in [2.24, 2.45) is 11.8 Å². The Balaban J connectivity index is 2.15. The van der Waals surface area contributed by atoms with Crippen LogP contribution >= 0.6 is 7.82 Å². The first-order valence-corrected chi connectivity index (χ1v) is 25.5. The first kappa shape index (κ1) is 58.1. The number of carbonyl (C=O) groups excluding carboxylic acids is 2. The summed E-state index contributed by atoms with van der Waals surface area (Å²) in [5.41, 5.74) is 0. The molecule has 1 aliphatic carbocycles. The van der Waals surface area contributed by atoms with Crippen LogP contribution in [0.2, 0.25) is 0 Å². The molecular formula is C47H83O16P. The van der Waals surface area contributed by atoms with Gasteiger partial charge >= 0.3 is 19.8 Å². The molecule has 0 radical (unpaired) electrons. The molecule has 0 aromatic rings. The lowest BCUT2D eigenvalue weighted by Gasteiger charge is -2.37. The molecule has 0 aromatic carbocycles. The van der Waals surface area contributed by atoms with Crippen LogP contribution < -0.4 is 0 Å². The minimum atomic E-state index is -5.43. The zero-order valence-corrected chi connectivity index (χ0v) is 39.3. The number of phosphoric ester groups is 1. The molecular weight excluding hydrogens is 851 g/mol. The zero-order valence-electron chi connectivity index (χ0n) is 38.4. The number of allylic oxidation sites excluding steroid dienone is 4. The number of aliphatic hydroxyl groups excluding tert-OH is 8. The van der Waals surface area contributed by atoms with Crippen molar-refractivity contribution in [2.75, 3.05) is 13.2 Å². The van der Waals surface area contributed by atoms with Crippen LogP contribution in [0.1, 0.15) is 162 Å². The van der Waals surface area contributed by atoms with Crippen LogP contribution in [-0.4, -0.2) is 132 Å². The predicted octanol–water partition coefficient (Wildman–Crippen LogP) is 5.77. The van der Waals surface area contributed by atoms with Gasteiger partial charge in [-0.15, -0.1) is 0 Å². The van der Waals surface area contributed by atoms with E-state index in [1.54, 1.807) is 0 Å². The van der Waals surface area contributed by atoms with Crippen molar-refractivity contribution in [3.63, 3.8) is 0 Å². The molecule has 17 heteroatoms. The van der Waals surface area contributed by atoms with Gasteiger partial charge in [0.05, 0.1) is 37.1 Å². The molecule has 2 bridgehead atoms. The summed E-state index contributed by atoms with van der Waals surface area (Å²) in [4.78, 5) is 36.4. The SMILES string of the molecule is CCCCC/C=C\C/C=C\CCCCCCCC(=O)OC[C@@H]1COP(=O)(O)O[C@H]2[C@H](O)[C@@H](O)[C@H](O)[C@@H](CCCCCCC(=O)O1)[C@@H](O)C[C@@H](O)[C@H](/C=C/[C@@H](O)CCCCC)[C@@H](O)[C@H]2O. The smallest absolute Gasteiger partial charge is 0.462 e. The molecule has 0 amide bonds. The maximum atomic E-state index is 13.5. The van der Waals surface area contributed by atoms with Crippen molar-refractivity contribution in [3.05, 3.63) is 36.5 Å². The molecule has 9 N–H and O–H groups in total. The van der Waals surface area contributed by atoms with E-state index in [2.05, 4.69) is 31.2 Å². The lowest BCUT2D eigenvalue weighted by atomic mass is 9.82. The molecule has 0 aromatic heterocycles. The second kappa shape index (κ2) is 33.4. The van der Waals surface area contributed by atoms with Crippen LogP contribution in [0.5, 0.6) is 0 Å². The van der Waals surface area contributed by atoms with Crippen LogP contribution in [0.4, 0.5) is 0 Å². The summed E-state index contributed by atoms with van der Waals surface area (Å²) in [5, 5.41) is 90.0. The van der Waals surface area contributed by atoms with E-state index in [0.29, 0.717) is 44.9 Å². The summed E-state index contributed by atoms with van der Waals surface area (Å²) in [6.45, 7) is 2.82. The summed E-state index contributed by atoms with van der Waals surface area (Å²) >= 11 is 0. The van der Waals surface area contributed by atoms with Crippen molar-refractivity contribution >= 4 is 19.8 Å². The molecule has 1 aliphatic heterocycles. The van der Waals surface area contributed by atoms with Crippen LogP contribution in [0.25, 0.3) is 0 Å². The fraction of sp³-hybridized carbons (Fsp3) is 0.830. The third-order valence-corrected chi connectivity index (χ3v) is 13.0. The van der Waals surface area contributed by atoms with Gasteiger partial charge in [-0.05, 0) is 57.8 Å². The number of carbonyl (C=O) groups is 2. The van der Waals surface area contributed by atoms with Gasteiger partial charge in [0.15, 0.2) is 6.10 Å². The van der Waals surface area contributed by atoms with E-state index in [4.69, 9.17) is 18.5 Å². The minimum absolute atomic E-state index is 0.0517. The number of unbranched alkanes of at least 4 members (excludes halogenated alkanes) is 10. The van der Waals surface area contributed by atoms with Crippen LogP contribution in [0, 0.1) is 11.8 Å². The van der Waals surface area contributed by atoms with Crippen molar-refractivity contribution in [1.29, 1.82) is 0 Å². The molecule has 1 unspecified atom stereocenters. The monoisotopic (exact) mass is 935 g/mol. The van der Waals surface area contributed by atoms with Crippen LogP contribution in [0.15, 0.2) is 36.5 Å². The Morgan fingerprint density at radius 3 is 2.09 bits per heavy atom. The van der Waals surface area contributed by atoms with E-state index >= 15 is 0 Å². The molecule has 1 saturated heterocycles. The first-order chi connectivity index (χ1) is 30.6. The normalized spacial score (nSPS) is 32.7. The fourth-order valence-electron chi connectivity index (χ4n) is 8.06. The lowest BCUT2D eigenvalue weighted by Crippen LogP contribution is -2.55. The van der Waals surface area contributed by atoms with E-state index in [1.165, 1.54) is 31.4 Å². The van der Waals surface area contributed by atoms with E-state index in [9.17, 15) is 59.9 Å². The summed E-state index contributed by atoms with van der Waals surface area (Å²) in [6, 6.07) is 0. The van der Waals surface area contributed by atoms with Gasteiger partial charge in [-0.1, -0.05) is 121 Å². The van der Waals surface area contributed by atoms with Crippen molar-refractivity contribution < 1.29 is 78.4 Å². The van der Waals surface area contributed by atoms with Crippen molar-refractivity contribution in [1.82, 2.24) is 0 Å². The number of rotatable bonds is 22. The molecule has 372 valence electrons. The third-order valence-electron chi connectivity index (χ3n) is 12.0. The molecule has 16 nitrogen and oxygen atoms in total. The number of cyclic esters (lactones) is 1. The van der Waals surface area contributed by atoms with E-state index < -0.39 is 112 Å². The Kier molecular flexibility index (Phi) is 30.3. The van der Waals surface area contributed by atoms with Crippen molar-refractivity contribution in [3.8, 4) is 0 Å².